The molecule has 2 aromatic heterocycles. The molecule has 0 aromatic carbocycles. The molecule has 1 saturated heterocycles. The molecule has 2 amide bonds. The third-order valence-corrected chi connectivity index (χ3v) is 4.39. The number of rotatable bonds is 6. The van der Waals surface area contributed by atoms with Gasteiger partial charge in [-0.05, 0) is 19.4 Å². The van der Waals surface area contributed by atoms with Crippen molar-refractivity contribution in [2.45, 2.75) is 57.6 Å². The van der Waals surface area contributed by atoms with Crippen molar-refractivity contribution in [2.24, 2.45) is 5.73 Å². The SMILES string of the molecule is CCCCCOC(=O)Nc1nc(=O)n([C@@H]2O[C@H](C)[C@@H](O)[C@H]2O)cc1F.Fc1ncccn1.NC(=O)O. The predicted octanol–water partition coefficient (Wildman–Crippen LogP) is 0.999. The van der Waals surface area contributed by atoms with E-state index < -0.39 is 60.1 Å². The molecule has 1 fully saturated rings. The Balaban J connectivity index is 0.000000486. The van der Waals surface area contributed by atoms with E-state index in [1.54, 1.807) is 6.07 Å². The van der Waals surface area contributed by atoms with E-state index in [1.165, 1.54) is 19.3 Å². The van der Waals surface area contributed by atoms with Crippen LogP contribution in [-0.4, -0.2) is 71.9 Å². The Hall–Kier alpha value is -3.76. The second-order valence-electron chi connectivity index (χ2n) is 7.16. The highest BCUT2D eigenvalue weighted by Gasteiger charge is 2.42. The highest BCUT2D eigenvalue weighted by Crippen LogP contribution is 2.28. The van der Waals surface area contributed by atoms with Crippen LogP contribution in [0.1, 0.15) is 39.3 Å². The molecule has 36 heavy (non-hydrogen) atoms. The number of carbonyl (C=O) groups excluding carboxylic acids is 1. The fourth-order valence-corrected chi connectivity index (χ4v) is 2.70. The maximum Gasteiger partial charge on any atom is 0.412 e. The van der Waals surface area contributed by atoms with E-state index in [1.807, 2.05) is 6.92 Å². The minimum absolute atomic E-state index is 0.177. The number of halogens is 2. The van der Waals surface area contributed by atoms with Crippen molar-refractivity contribution in [3.63, 3.8) is 0 Å². The van der Waals surface area contributed by atoms with E-state index >= 15 is 0 Å². The summed E-state index contributed by atoms with van der Waals surface area (Å²) in [6, 6.07) is 1.56. The Labute approximate surface area is 203 Å². The van der Waals surface area contributed by atoms with Crippen molar-refractivity contribution in [2.75, 3.05) is 11.9 Å². The second kappa shape index (κ2) is 15.3. The number of nitrogens with one attached hydrogen (secondary N) is 1. The number of unbranched alkanes of at least 4 members (excludes halogenated alkanes) is 2. The predicted molar refractivity (Wildman–Crippen MR) is 119 cm³/mol. The number of amides is 2. The van der Waals surface area contributed by atoms with Gasteiger partial charge in [-0.2, -0.15) is 9.37 Å². The lowest BCUT2D eigenvalue weighted by Crippen LogP contribution is -2.36. The van der Waals surface area contributed by atoms with Crippen LogP contribution in [0, 0.1) is 11.9 Å². The number of carbonyl (C=O) groups is 2. The quantitative estimate of drug-likeness (QED) is 0.269. The Morgan fingerprint density at radius 1 is 1.22 bits per heavy atom. The molecule has 2 aromatic rings. The average molecular weight is 518 g/mol. The van der Waals surface area contributed by atoms with Crippen LogP contribution < -0.4 is 16.7 Å². The Bertz CT molecular complexity index is 1030. The lowest BCUT2D eigenvalue weighted by atomic mass is 10.1. The number of primary amides is 1. The van der Waals surface area contributed by atoms with Gasteiger partial charge >= 0.3 is 24.0 Å². The molecule has 16 heteroatoms. The lowest BCUT2D eigenvalue weighted by molar-refractivity contribution is -0.0355. The van der Waals surface area contributed by atoms with E-state index in [2.05, 4.69) is 26.0 Å². The van der Waals surface area contributed by atoms with Gasteiger partial charge in [-0.3, -0.25) is 9.88 Å². The second-order valence-corrected chi connectivity index (χ2v) is 7.16. The number of hydrogen-bond donors (Lipinski definition) is 5. The molecule has 0 radical (unpaired) electrons. The van der Waals surface area contributed by atoms with Crippen LogP contribution in [0.15, 0.2) is 29.5 Å². The van der Waals surface area contributed by atoms with E-state index in [4.69, 9.17) is 19.4 Å². The molecule has 0 saturated carbocycles. The summed E-state index contributed by atoms with van der Waals surface area (Å²) in [5.74, 6) is -1.59. The van der Waals surface area contributed by atoms with Gasteiger partial charge in [-0.15, -0.1) is 0 Å². The first-order valence-electron chi connectivity index (χ1n) is 10.6. The first kappa shape index (κ1) is 30.3. The number of aliphatic hydroxyl groups excluding tert-OH is 2. The zero-order valence-corrected chi connectivity index (χ0v) is 19.5. The summed E-state index contributed by atoms with van der Waals surface area (Å²) in [7, 11) is 0. The van der Waals surface area contributed by atoms with Gasteiger partial charge in [0.05, 0.1) is 18.9 Å². The number of aliphatic hydroxyl groups is 2. The number of ether oxygens (including phenoxy) is 2. The standard InChI is InChI=1S/C15H22FN3O6.C4H3FN2.CH3NO2/c1-3-4-5-6-24-15(23)18-12-9(16)7-19(14(22)17-12)13-11(21)10(20)8(2)25-13;5-4-6-2-1-3-7-4;2-1(3)4/h7-8,10-11,13,20-21H,3-6H2,1-2H3,(H,17,18,22,23);1-3H;2H2,(H,3,4)/t8-,10-,11-,13-;;/m1../s1. The van der Waals surface area contributed by atoms with Gasteiger partial charge < -0.3 is 30.5 Å². The smallest absolute Gasteiger partial charge is 0.412 e. The van der Waals surface area contributed by atoms with Gasteiger partial charge in [-0.1, -0.05) is 19.8 Å². The first-order valence-corrected chi connectivity index (χ1v) is 10.6. The molecule has 0 bridgehead atoms. The maximum absolute atomic E-state index is 14.1. The van der Waals surface area contributed by atoms with Gasteiger partial charge in [0.15, 0.2) is 17.9 Å². The number of nitrogens with two attached hydrogens (primary N) is 1. The summed E-state index contributed by atoms with van der Waals surface area (Å²) in [5.41, 5.74) is 3.08. The summed E-state index contributed by atoms with van der Waals surface area (Å²) < 4.78 is 36.6. The van der Waals surface area contributed by atoms with Crippen LogP contribution in [-0.2, 0) is 9.47 Å². The number of carboxylic acid groups (broad SMARTS) is 1. The van der Waals surface area contributed by atoms with Crippen LogP contribution in [0.3, 0.4) is 0 Å². The summed E-state index contributed by atoms with van der Waals surface area (Å²) in [6.45, 7) is 3.68. The largest absolute Gasteiger partial charge is 0.465 e. The molecule has 4 atom stereocenters. The Kier molecular flexibility index (Phi) is 12.8. The van der Waals surface area contributed by atoms with Crippen molar-refractivity contribution < 1.29 is 43.2 Å². The van der Waals surface area contributed by atoms with Crippen molar-refractivity contribution in [1.29, 1.82) is 0 Å². The highest BCUT2D eigenvalue weighted by atomic mass is 19.1. The Morgan fingerprint density at radius 2 is 1.83 bits per heavy atom. The molecule has 6 N–H and O–H groups in total. The molecule has 200 valence electrons. The minimum Gasteiger partial charge on any atom is -0.465 e. The summed E-state index contributed by atoms with van der Waals surface area (Å²) in [6.07, 6.45) is -1.56. The van der Waals surface area contributed by atoms with Crippen molar-refractivity contribution in [1.82, 2.24) is 19.5 Å². The average Bonchev–Trinajstić information content (AvgIpc) is 3.06. The number of hydrogen-bond acceptors (Lipinski definition) is 10. The van der Waals surface area contributed by atoms with Crippen LogP contribution in [0.4, 0.5) is 24.2 Å². The zero-order chi connectivity index (χ0) is 27.3. The van der Waals surface area contributed by atoms with E-state index in [-0.39, 0.29) is 6.61 Å². The number of nitrogens with zero attached hydrogens (tertiary/aromatic N) is 4. The number of anilines is 1. The van der Waals surface area contributed by atoms with Crippen LogP contribution >= 0.6 is 0 Å². The van der Waals surface area contributed by atoms with Crippen molar-refractivity contribution in [3.8, 4) is 0 Å². The van der Waals surface area contributed by atoms with Crippen LogP contribution in [0.5, 0.6) is 0 Å². The van der Waals surface area contributed by atoms with Gasteiger partial charge in [0.2, 0.25) is 0 Å². The first-order chi connectivity index (χ1) is 17.0. The zero-order valence-electron chi connectivity index (χ0n) is 19.5. The van der Waals surface area contributed by atoms with Crippen LogP contribution in [0.2, 0.25) is 0 Å². The van der Waals surface area contributed by atoms with Crippen molar-refractivity contribution in [3.05, 3.63) is 47.0 Å². The van der Waals surface area contributed by atoms with Gasteiger partial charge in [0.1, 0.15) is 12.2 Å². The molecule has 1 aliphatic heterocycles. The van der Waals surface area contributed by atoms with Gasteiger partial charge in [0, 0.05) is 12.4 Å². The monoisotopic (exact) mass is 518 g/mol. The van der Waals surface area contributed by atoms with E-state index in [9.17, 15) is 28.6 Å². The molecule has 14 nitrogen and oxygen atoms in total. The molecule has 3 heterocycles. The molecule has 0 aliphatic carbocycles. The molecule has 1 aliphatic rings. The van der Waals surface area contributed by atoms with E-state index in [0.717, 1.165) is 23.6 Å². The topological polar surface area (TPSA) is 212 Å². The summed E-state index contributed by atoms with van der Waals surface area (Å²) in [4.78, 5) is 42.2. The summed E-state index contributed by atoms with van der Waals surface area (Å²) >= 11 is 0. The van der Waals surface area contributed by atoms with Crippen molar-refractivity contribution >= 4 is 18.0 Å². The molecule has 3 rings (SSSR count). The normalized spacial score (nSPS) is 20.3. The molecule has 0 spiro atoms. The van der Waals surface area contributed by atoms with E-state index in [0.29, 0.717) is 6.42 Å². The Morgan fingerprint density at radius 3 is 2.31 bits per heavy atom. The fraction of sp³-hybridized carbons (Fsp3) is 0.500. The highest BCUT2D eigenvalue weighted by molar-refractivity contribution is 5.83. The third kappa shape index (κ3) is 10.2. The van der Waals surface area contributed by atoms with Gasteiger partial charge in [-0.25, -0.2) is 28.7 Å². The lowest BCUT2D eigenvalue weighted by Gasteiger charge is -2.17. The van der Waals surface area contributed by atoms with Gasteiger partial charge in [0.25, 0.3) is 0 Å². The van der Waals surface area contributed by atoms with Crippen LogP contribution in [0.25, 0.3) is 0 Å². The minimum atomic E-state index is -1.41. The maximum atomic E-state index is 14.1. The third-order valence-electron chi connectivity index (χ3n) is 4.39. The summed E-state index contributed by atoms with van der Waals surface area (Å²) in [5, 5.41) is 28.8. The fourth-order valence-electron chi connectivity index (χ4n) is 2.70. The molecule has 0 unspecified atom stereocenters. The molecular weight excluding hydrogens is 490 g/mol. The number of aromatic nitrogens is 4. The molecular formula is C20H28F2N6O8.